The van der Waals surface area contributed by atoms with Gasteiger partial charge in [0.2, 0.25) is 5.91 Å². The number of carbonyl (C=O) groups is 1. The van der Waals surface area contributed by atoms with Gasteiger partial charge < -0.3 is 9.73 Å². The molecule has 2 aromatic heterocycles. The van der Waals surface area contributed by atoms with Crippen LogP contribution >= 0.6 is 11.3 Å². The number of thiazole rings is 1. The van der Waals surface area contributed by atoms with E-state index in [1.807, 2.05) is 66.0 Å². The molecule has 0 aliphatic rings. The monoisotopic (exact) mass is 348 g/mol. The van der Waals surface area contributed by atoms with E-state index in [1.165, 1.54) is 11.3 Å². The molecule has 0 unspecified atom stereocenters. The third-order valence-electron chi connectivity index (χ3n) is 3.87. The molecule has 4 aromatic rings. The van der Waals surface area contributed by atoms with Gasteiger partial charge in [0.15, 0.2) is 5.76 Å². The average Bonchev–Trinajstić information content (AvgIpc) is 3.27. The van der Waals surface area contributed by atoms with Crippen LogP contribution in [0.1, 0.15) is 10.6 Å². The molecule has 124 valence electrons. The lowest BCUT2D eigenvalue weighted by molar-refractivity contribution is -0.120. The predicted molar refractivity (Wildman–Crippen MR) is 99.3 cm³/mol. The van der Waals surface area contributed by atoms with Crippen molar-refractivity contribution in [3.05, 3.63) is 76.6 Å². The van der Waals surface area contributed by atoms with E-state index in [9.17, 15) is 4.79 Å². The molecule has 0 saturated heterocycles. The zero-order valence-corrected chi connectivity index (χ0v) is 14.3. The van der Waals surface area contributed by atoms with E-state index in [0.717, 1.165) is 33.0 Å². The SMILES string of the molecule is O=C(Cc1nc(-c2cc3ccccc3o2)cs1)NCc1ccccc1. The molecule has 2 heterocycles. The second-order valence-corrected chi connectivity index (χ2v) is 6.66. The summed E-state index contributed by atoms with van der Waals surface area (Å²) in [6.45, 7) is 0.529. The smallest absolute Gasteiger partial charge is 0.227 e. The van der Waals surface area contributed by atoms with Crippen molar-refractivity contribution in [1.29, 1.82) is 0 Å². The van der Waals surface area contributed by atoms with Gasteiger partial charge in [-0.1, -0.05) is 48.5 Å². The second-order valence-electron chi connectivity index (χ2n) is 5.71. The van der Waals surface area contributed by atoms with E-state index in [1.54, 1.807) is 0 Å². The quantitative estimate of drug-likeness (QED) is 0.581. The second kappa shape index (κ2) is 6.91. The Balaban J connectivity index is 1.41. The zero-order valence-electron chi connectivity index (χ0n) is 13.4. The molecular formula is C20H16N2O2S. The normalized spacial score (nSPS) is 10.9. The Hall–Kier alpha value is -2.92. The number of hydrogen-bond acceptors (Lipinski definition) is 4. The van der Waals surface area contributed by atoms with Crippen LogP contribution in [-0.2, 0) is 17.8 Å². The molecule has 0 spiro atoms. The van der Waals surface area contributed by atoms with Crippen LogP contribution in [-0.4, -0.2) is 10.9 Å². The van der Waals surface area contributed by atoms with Crippen LogP contribution in [0.4, 0.5) is 0 Å². The number of aromatic nitrogens is 1. The fourth-order valence-electron chi connectivity index (χ4n) is 2.61. The van der Waals surface area contributed by atoms with Crippen LogP contribution in [0.3, 0.4) is 0 Å². The topological polar surface area (TPSA) is 55.1 Å². The summed E-state index contributed by atoms with van der Waals surface area (Å²) in [7, 11) is 0. The maximum Gasteiger partial charge on any atom is 0.227 e. The van der Waals surface area contributed by atoms with Crippen molar-refractivity contribution in [1.82, 2.24) is 10.3 Å². The lowest BCUT2D eigenvalue weighted by Gasteiger charge is -2.03. The van der Waals surface area contributed by atoms with Gasteiger partial charge in [0, 0.05) is 17.3 Å². The van der Waals surface area contributed by atoms with Crippen molar-refractivity contribution in [2.24, 2.45) is 0 Å². The number of rotatable bonds is 5. The van der Waals surface area contributed by atoms with Crippen LogP contribution in [0.2, 0.25) is 0 Å². The minimum absolute atomic E-state index is 0.0330. The molecule has 25 heavy (non-hydrogen) atoms. The van der Waals surface area contributed by atoms with Crippen molar-refractivity contribution in [2.75, 3.05) is 0 Å². The number of carbonyl (C=O) groups excluding carboxylic acids is 1. The lowest BCUT2D eigenvalue weighted by atomic mass is 10.2. The summed E-state index contributed by atoms with van der Waals surface area (Å²) >= 11 is 1.47. The van der Waals surface area contributed by atoms with Gasteiger partial charge in [-0.2, -0.15) is 0 Å². The molecule has 1 amide bonds. The summed E-state index contributed by atoms with van der Waals surface area (Å²) in [5.74, 6) is 0.697. The highest BCUT2D eigenvalue weighted by Crippen LogP contribution is 2.28. The van der Waals surface area contributed by atoms with Gasteiger partial charge >= 0.3 is 0 Å². The summed E-state index contributed by atoms with van der Waals surface area (Å²) in [6, 6.07) is 19.7. The molecule has 4 rings (SSSR count). The number of fused-ring (bicyclic) bond motifs is 1. The third kappa shape index (κ3) is 3.61. The minimum atomic E-state index is -0.0330. The van der Waals surface area contributed by atoms with E-state index in [0.29, 0.717) is 6.54 Å². The van der Waals surface area contributed by atoms with Crippen molar-refractivity contribution >= 4 is 28.2 Å². The van der Waals surface area contributed by atoms with Crippen LogP contribution in [0.5, 0.6) is 0 Å². The molecule has 1 N–H and O–H groups in total. The van der Waals surface area contributed by atoms with Crippen molar-refractivity contribution in [3.63, 3.8) is 0 Å². The number of hydrogen-bond donors (Lipinski definition) is 1. The fourth-order valence-corrected chi connectivity index (χ4v) is 3.39. The first-order chi connectivity index (χ1) is 12.3. The molecule has 0 saturated carbocycles. The Morgan fingerprint density at radius 2 is 1.88 bits per heavy atom. The highest BCUT2D eigenvalue weighted by atomic mass is 32.1. The van der Waals surface area contributed by atoms with Gasteiger partial charge in [0.05, 0.1) is 6.42 Å². The highest BCUT2D eigenvalue weighted by Gasteiger charge is 2.12. The lowest BCUT2D eigenvalue weighted by Crippen LogP contribution is -2.24. The Bertz CT molecular complexity index is 972. The van der Waals surface area contributed by atoms with E-state index in [4.69, 9.17) is 4.42 Å². The Kier molecular flexibility index (Phi) is 4.31. The largest absolute Gasteiger partial charge is 0.454 e. The third-order valence-corrected chi connectivity index (χ3v) is 4.72. The number of furan rings is 1. The van der Waals surface area contributed by atoms with Gasteiger partial charge in [0.1, 0.15) is 16.3 Å². The number of nitrogens with zero attached hydrogens (tertiary/aromatic N) is 1. The van der Waals surface area contributed by atoms with Crippen molar-refractivity contribution < 1.29 is 9.21 Å². The predicted octanol–water partition coefficient (Wildman–Crippen LogP) is 4.42. The van der Waals surface area contributed by atoms with Gasteiger partial charge in [-0.3, -0.25) is 4.79 Å². The van der Waals surface area contributed by atoms with Crippen LogP contribution in [0.15, 0.2) is 70.5 Å². The average molecular weight is 348 g/mol. The summed E-state index contributed by atoms with van der Waals surface area (Å²) in [5, 5.41) is 6.68. The summed E-state index contributed by atoms with van der Waals surface area (Å²) < 4.78 is 5.82. The Morgan fingerprint density at radius 3 is 2.72 bits per heavy atom. The molecule has 0 bridgehead atoms. The van der Waals surface area contributed by atoms with E-state index in [-0.39, 0.29) is 12.3 Å². The molecule has 4 nitrogen and oxygen atoms in total. The molecule has 0 radical (unpaired) electrons. The van der Waals surface area contributed by atoms with E-state index in [2.05, 4.69) is 10.3 Å². The molecular weight excluding hydrogens is 332 g/mol. The molecule has 5 heteroatoms. The first-order valence-corrected chi connectivity index (χ1v) is 8.90. The molecule has 0 aliphatic heterocycles. The van der Waals surface area contributed by atoms with Gasteiger partial charge in [0.25, 0.3) is 0 Å². The standard InChI is InChI=1S/C20H16N2O2S/c23-19(21-12-14-6-2-1-3-7-14)11-20-22-16(13-25-20)18-10-15-8-4-5-9-17(15)24-18/h1-10,13H,11-12H2,(H,21,23). The summed E-state index contributed by atoms with van der Waals surface area (Å²) in [4.78, 5) is 16.6. The summed E-state index contributed by atoms with van der Waals surface area (Å²) in [5.41, 5.74) is 2.69. The first-order valence-electron chi connectivity index (χ1n) is 8.02. The maximum absolute atomic E-state index is 12.1. The molecule has 0 fully saturated rings. The fraction of sp³-hybridized carbons (Fsp3) is 0.100. The summed E-state index contributed by atoms with van der Waals surface area (Å²) in [6.07, 6.45) is 0.276. The minimum Gasteiger partial charge on any atom is -0.454 e. The maximum atomic E-state index is 12.1. The highest BCUT2D eigenvalue weighted by molar-refractivity contribution is 7.10. The van der Waals surface area contributed by atoms with Crippen LogP contribution in [0, 0.1) is 0 Å². The number of para-hydroxylation sites is 1. The number of benzene rings is 2. The van der Waals surface area contributed by atoms with E-state index >= 15 is 0 Å². The van der Waals surface area contributed by atoms with Crippen molar-refractivity contribution in [2.45, 2.75) is 13.0 Å². The Labute approximate surface area is 149 Å². The molecule has 0 aliphatic carbocycles. The van der Waals surface area contributed by atoms with Gasteiger partial charge in [-0.15, -0.1) is 11.3 Å². The van der Waals surface area contributed by atoms with Crippen LogP contribution in [0.25, 0.3) is 22.4 Å². The van der Waals surface area contributed by atoms with Crippen molar-refractivity contribution in [3.8, 4) is 11.5 Å². The van der Waals surface area contributed by atoms with Gasteiger partial charge in [-0.05, 0) is 17.7 Å². The number of amides is 1. The molecule has 2 aromatic carbocycles. The first kappa shape index (κ1) is 15.6. The van der Waals surface area contributed by atoms with Gasteiger partial charge in [-0.25, -0.2) is 4.98 Å². The molecule has 0 atom stereocenters. The van der Waals surface area contributed by atoms with Crippen LogP contribution < -0.4 is 5.32 Å². The number of nitrogens with one attached hydrogen (secondary N) is 1. The Morgan fingerprint density at radius 1 is 1.08 bits per heavy atom. The zero-order chi connectivity index (χ0) is 17.1. The van der Waals surface area contributed by atoms with E-state index < -0.39 is 0 Å².